The number of aliphatic hydroxyl groups is 1. The van der Waals surface area contributed by atoms with Gasteiger partial charge in [-0.15, -0.1) is 0 Å². The largest absolute Gasteiger partial charge is 0.490 e. The molecule has 2 aromatic carbocycles. The van der Waals surface area contributed by atoms with Gasteiger partial charge in [-0.3, -0.25) is 4.79 Å². The van der Waals surface area contributed by atoms with Crippen molar-refractivity contribution in [3.05, 3.63) is 64.7 Å². The van der Waals surface area contributed by atoms with Crippen LogP contribution in [0.25, 0.3) is 0 Å². The molecule has 2 heterocycles. The number of benzene rings is 2. The number of hydrogen-bond donors (Lipinski definition) is 2. The molecule has 8 nitrogen and oxygen atoms in total. The van der Waals surface area contributed by atoms with Crippen LogP contribution in [-0.2, 0) is 31.4 Å². The number of sulfonamides is 1. The summed E-state index contributed by atoms with van der Waals surface area (Å²) >= 11 is 6.38. The van der Waals surface area contributed by atoms with Gasteiger partial charge in [-0.05, 0) is 106 Å². The van der Waals surface area contributed by atoms with E-state index in [1.54, 1.807) is 24.3 Å². The third kappa shape index (κ3) is 5.34. The third-order valence-electron chi connectivity index (χ3n) is 9.71. The van der Waals surface area contributed by atoms with E-state index in [1.807, 2.05) is 19.1 Å². The minimum absolute atomic E-state index is 0.0186. The Balaban J connectivity index is 1.46. The Bertz CT molecular complexity index is 1540. The molecule has 1 fully saturated rings. The highest BCUT2D eigenvalue weighted by atomic mass is 35.5. The number of anilines is 1. The SMILES string of the molecule is CC1(C)OC/C=C\[C@](C)(O)[C@@H]2CC[C@H]2CN2C[C@@]3(CCCc4cc(Cl)ccc43)COc3ccc(cc32)S(=O)(=O)NC1=O. The molecule has 0 unspecified atom stereocenters. The van der Waals surface area contributed by atoms with Gasteiger partial charge in [0.2, 0.25) is 0 Å². The molecule has 1 saturated carbocycles. The standard InChI is InChI=1S/C32H39ClN2O6S/c1-30(2)29(36)34-42(38,39)24-9-12-28-27(17-24)35(18-22-7-10-25(22)31(3,37)13-5-15-41-30)19-32(20-40-28)14-4-6-21-16-23(33)8-11-26(21)32/h5,8-9,11-13,16-17,22,25,37H,4,6-7,10,14-15,18-20H2,1-3H3,(H,34,36)/b13-5-/t22-,25+,31-,32-/m0/s1. The molecule has 1 amide bonds. The molecule has 2 N–H and O–H groups in total. The number of rotatable bonds is 0. The zero-order valence-electron chi connectivity index (χ0n) is 24.4. The minimum Gasteiger partial charge on any atom is -0.490 e. The van der Waals surface area contributed by atoms with E-state index in [4.69, 9.17) is 21.1 Å². The van der Waals surface area contributed by atoms with Gasteiger partial charge in [0.1, 0.15) is 11.4 Å². The molecule has 226 valence electrons. The van der Waals surface area contributed by atoms with Gasteiger partial charge in [-0.25, -0.2) is 13.1 Å². The van der Waals surface area contributed by atoms with Gasteiger partial charge < -0.3 is 19.5 Å². The number of fused-ring (bicyclic) bond motifs is 4. The molecule has 42 heavy (non-hydrogen) atoms. The summed E-state index contributed by atoms with van der Waals surface area (Å²) in [5.41, 5.74) is 0.339. The maximum Gasteiger partial charge on any atom is 0.265 e. The molecule has 2 aromatic rings. The highest BCUT2D eigenvalue weighted by molar-refractivity contribution is 7.90. The quantitative estimate of drug-likeness (QED) is 0.412. The van der Waals surface area contributed by atoms with Crippen molar-refractivity contribution in [1.29, 1.82) is 0 Å². The number of nitrogens with zero attached hydrogens (tertiary/aromatic N) is 1. The van der Waals surface area contributed by atoms with Gasteiger partial charge in [-0.1, -0.05) is 29.8 Å². The lowest BCUT2D eigenvalue weighted by atomic mass is 9.64. The van der Waals surface area contributed by atoms with Crippen molar-refractivity contribution in [2.45, 2.75) is 74.4 Å². The van der Waals surface area contributed by atoms with Crippen LogP contribution < -0.4 is 14.4 Å². The van der Waals surface area contributed by atoms with Crippen molar-refractivity contribution in [1.82, 2.24) is 4.72 Å². The molecular formula is C32H39ClN2O6S. The topological polar surface area (TPSA) is 105 Å². The zero-order chi connectivity index (χ0) is 29.9. The van der Waals surface area contributed by atoms with Crippen molar-refractivity contribution in [2.24, 2.45) is 11.8 Å². The first-order valence-electron chi connectivity index (χ1n) is 14.7. The smallest absolute Gasteiger partial charge is 0.265 e. The summed E-state index contributed by atoms with van der Waals surface area (Å²) in [5, 5.41) is 12.2. The Morgan fingerprint density at radius 2 is 1.93 bits per heavy atom. The number of nitrogens with one attached hydrogen (secondary N) is 1. The number of aryl methyl sites for hydroxylation is 1. The molecule has 0 aromatic heterocycles. The van der Waals surface area contributed by atoms with Gasteiger partial charge >= 0.3 is 0 Å². The molecule has 1 spiro atoms. The van der Waals surface area contributed by atoms with E-state index in [9.17, 15) is 18.3 Å². The number of ether oxygens (including phenoxy) is 2. The van der Waals surface area contributed by atoms with Crippen LogP contribution in [0.2, 0.25) is 5.02 Å². The normalized spacial score (nSPS) is 32.8. The van der Waals surface area contributed by atoms with Gasteiger partial charge in [0.05, 0.1) is 29.4 Å². The lowest BCUT2D eigenvalue weighted by Crippen LogP contribution is -2.51. The number of carbonyl (C=O) groups is 1. The monoisotopic (exact) mass is 614 g/mol. The lowest BCUT2D eigenvalue weighted by Gasteiger charge is -2.48. The Morgan fingerprint density at radius 1 is 1.12 bits per heavy atom. The molecule has 2 bridgehead atoms. The third-order valence-corrected chi connectivity index (χ3v) is 11.3. The van der Waals surface area contributed by atoms with Crippen LogP contribution in [0.5, 0.6) is 5.75 Å². The molecule has 10 heteroatoms. The van der Waals surface area contributed by atoms with Crippen molar-refractivity contribution in [2.75, 3.05) is 31.2 Å². The molecule has 6 rings (SSSR count). The van der Waals surface area contributed by atoms with Crippen molar-refractivity contribution in [3.8, 4) is 5.75 Å². The van der Waals surface area contributed by atoms with Crippen LogP contribution in [0.1, 0.15) is 57.6 Å². The van der Waals surface area contributed by atoms with Gasteiger partial charge in [0, 0.05) is 23.5 Å². The fourth-order valence-corrected chi connectivity index (χ4v) is 8.45. The van der Waals surface area contributed by atoms with Gasteiger partial charge in [-0.2, -0.15) is 0 Å². The maximum atomic E-state index is 13.5. The molecule has 4 atom stereocenters. The number of hydrogen-bond acceptors (Lipinski definition) is 7. The maximum absolute atomic E-state index is 13.5. The predicted octanol–water partition coefficient (Wildman–Crippen LogP) is 4.76. The van der Waals surface area contributed by atoms with E-state index in [2.05, 4.69) is 15.7 Å². The Kier molecular flexibility index (Phi) is 7.40. The Labute approximate surface area is 253 Å². The first kappa shape index (κ1) is 29.5. The molecule has 4 aliphatic rings. The van der Waals surface area contributed by atoms with Crippen LogP contribution in [0.15, 0.2) is 53.4 Å². The summed E-state index contributed by atoms with van der Waals surface area (Å²) in [6.45, 7) is 6.65. The predicted molar refractivity (Wildman–Crippen MR) is 162 cm³/mol. The lowest BCUT2D eigenvalue weighted by molar-refractivity contribution is -0.139. The van der Waals surface area contributed by atoms with Gasteiger partial charge in [0.25, 0.3) is 15.9 Å². The van der Waals surface area contributed by atoms with Crippen molar-refractivity contribution in [3.63, 3.8) is 0 Å². The molecule has 0 saturated heterocycles. The van der Waals surface area contributed by atoms with E-state index < -0.39 is 27.1 Å². The van der Waals surface area contributed by atoms with Crippen LogP contribution in [-0.4, -0.2) is 56.9 Å². The number of halogens is 1. The van der Waals surface area contributed by atoms with E-state index >= 15 is 0 Å². The molecular weight excluding hydrogens is 576 g/mol. The summed E-state index contributed by atoms with van der Waals surface area (Å²) in [4.78, 5) is 15.3. The van der Waals surface area contributed by atoms with E-state index in [1.165, 1.54) is 31.0 Å². The first-order valence-corrected chi connectivity index (χ1v) is 16.6. The Hall–Kier alpha value is -2.59. The van der Waals surface area contributed by atoms with E-state index in [-0.39, 0.29) is 28.8 Å². The summed E-state index contributed by atoms with van der Waals surface area (Å²) < 4.78 is 41.4. The molecule has 2 aliphatic carbocycles. The zero-order valence-corrected chi connectivity index (χ0v) is 25.9. The highest BCUT2D eigenvalue weighted by Gasteiger charge is 2.46. The van der Waals surface area contributed by atoms with E-state index in [0.29, 0.717) is 36.2 Å². The second-order valence-corrected chi connectivity index (χ2v) is 15.2. The molecule has 0 radical (unpaired) electrons. The Morgan fingerprint density at radius 3 is 2.69 bits per heavy atom. The van der Waals surface area contributed by atoms with E-state index in [0.717, 1.165) is 32.1 Å². The van der Waals surface area contributed by atoms with Crippen molar-refractivity contribution >= 4 is 33.2 Å². The summed E-state index contributed by atoms with van der Waals surface area (Å²) in [7, 11) is -4.19. The summed E-state index contributed by atoms with van der Waals surface area (Å²) in [6, 6.07) is 10.9. The van der Waals surface area contributed by atoms with Gasteiger partial charge in [0.15, 0.2) is 0 Å². The minimum atomic E-state index is -4.19. The highest BCUT2D eigenvalue weighted by Crippen LogP contribution is 2.48. The second kappa shape index (κ2) is 10.5. The molecule has 2 aliphatic heterocycles. The van der Waals surface area contributed by atoms with Crippen LogP contribution in [0.3, 0.4) is 0 Å². The van der Waals surface area contributed by atoms with Crippen LogP contribution in [0, 0.1) is 11.8 Å². The summed E-state index contributed by atoms with van der Waals surface area (Å²) in [5.74, 6) is 0.0379. The number of carbonyl (C=O) groups excluding carboxylic acids is 1. The average molecular weight is 615 g/mol. The fraction of sp³-hybridized carbons (Fsp3) is 0.531. The first-order chi connectivity index (χ1) is 19.8. The number of amides is 1. The average Bonchev–Trinajstić information content (AvgIpc) is 3.05. The summed E-state index contributed by atoms with van der Waals surface area (Å²) in [6.07, 6.45) is 8.18. The van der Waals surface area contributed by atoms with Crippen LogP contribution in [0.4, 0.5) is 5.69 Å². The fourth-order valence-electron chi connectivity index (χ4n) is 7.14. The second-order valence-electron chi connectivity index (χ2n) is 13.1. The van der Waals surface area contributed by atoms with Crippen LogP contribution >= 0.6 is 11.6 Å². The van der Waals surface area contributed by atoms with Crippen molar-refractivity contribution < 1.29 is 27.8 Å².